The van der Waals surface area contributed by atoms with E-state index in [-0.39, 0.29) is 17.6 Å². The molecule has 1 fully saturated rings. The summed E-state index contributed by atoms with van der Waals surface area (Å²) in [6.07, 6.45) is 2.85. The Morgan fingerprint density at radius 2 is 1.96 bits per heavy atom. The second-order valence-electron chi connectivity index (χ2n) is 8.37. The zero-order valence-electron chi connectivity index (χ0n) is 15.8. The van der Waals surface area contributed by atoms with Crippen LogP contribution in [0.3, 0.4) is 0 Å². The topological polar surface area (TPSA) is 48.6 Å². The molecule has 0 bridgehead atoms. The number of hydrogen-bond acceptors (Lipinski definition) is 4. The molecule has 0 amide bonds. The Bertz CT molecular complexity index is 633. The first kappa shape index (κ1) is 18.4. The van der Waals surface area contributed by atoms with Crippen molar-refractivity contribution in [3.8, 4) is 0 Å². The third-order valence-corrected chi connectivity index (χ3v) is 5.15. The van der Waals surface area contributed by atoms with Gasteiger partial charge in [-0.25, -0.2) is 0 Å². The fourth-order valence-electron chi connectivity index (χ4n) is 3.67. The summed E-state index contributed by atoms with van der Waals surface area (Å²) in [4.78, 5) is 2.46. The first-order valence-electron chi connectivity index (χ1n) is 9.56. The Kier molecular flexibility index (Phi) is 5.82. The highest BCUT2D eigenvalue weighted by atomic mass is 16.3. The van der Waals surface area contributed by atoms with E-state index >= 15 is 0 Å². The fourth-order valence-corrected chi connectivity index (χ4v) is 3.67. The van der Waals surface area contributed by atoms with Crippen molar-refractivity contribution in [2.45, 2.75) is 52.2 Å². The first-order chi connectivity index (χ1) is 11.9. The van der Waals surface area contributed by atoms with Gasteiger partial charge in [-0.1, -0.05) is 39.0 Å². The van der Waals surface area contributed by atoms with Crippen molar-refractivity contribution in [2.75, 3.05) is 26.2 Å². The van der Waals surface area contributed by atoms with Crippen molar-refractivity contribution in [3.63, 3.8) is 0 Å². The number of nitrogens with zero attached hydrogens (tertiary/aromatic N) is 1. The van der Waals surface area contributed by atoms with E-state index in [1.807, 2.05) is 12.1 Å². The van der Waals surface area contributed by atoms with Crippen LogP contribution in [-0.2, 0) is 0 Å². The third-order valence-electron chi connectivity index (χ3n) is 5.15. The summed E-state index contributed by atoms with van der Waals surface area (Å²) < 4.78 is 6.11. The first-order valence-corrected chi connectivity index (χ1v) is 9.56. The maximum Gasteiger partial charge on any atom is 0.134 e. The average molecular weight is 344 g/mol. The minimum atomic E-state index is -0.0901. The van der Waals surface area contributed by atoms with Crippen molar-refractivity contribution in [1.82, 2.24) is 10.2 Å². The summed E-state index contributed by atoms with van der Waals surface area (Å²) in [5, 5.41) is 14.5. The Labute approximate surface area is 151 Å². The highest BCUT2D eigenvalue weighted by Gasteiger charge is 2.28. The van der Waals surface area contributed by atoms with E-state index in [0.717, 1.165) is 56.8 Å². The number of piperidine rings is 1. The van der Waals surface area contributed by atoms with Gasteiger partial charge in [0.1, 0.15) is 11.3 Å². The molecule has 1 aliphatic rings. The van der Waals surface area contributed by atoms with Crippen LogP contribution in [0.5, 0.6) is 0 Å². The summed E-state index contributed by atoms with van der Waals surface area (Å²) in [5.74, 6) is 1.02. The number of fused-ring (bicyclic) bond motifs is 1. The van der Waals surface area contributed by atoms with E-state index in [1.165, 1.54) is 5.39 Å². The van der Waals surface area contributed by atoms with Gasteiger partial charge in [0.15, 0.2) is 0 Å². The quantitative estimate of drug-likeness (QED) is 0.779. The Balaban J connectivity index is 1.56. The van der Waals surface area contributed by atoms with Gasteiger partial charge in [0.2, 0.25) is 0 Å². The van der Waals surface area contributed by atoms with Gasteiger partial charge in [-0.15, -0.1) is 0 Å². The van der Waals surface area contributed by atoms with Gasteiger partial charge < -0.3 is 19.7 Å². The molecule has 138 valence electrons. The average Bonchev–Trinajstić information content (AvgIpc) is 2.98. The minimum absolute atomic E-state index is 0.0864. The highest BCUT2D eigenvalue weighted by Crippen LogP contribution is 2.35. The summed E-state index contributed by atoms with van der Waals surface area (Å²) >= 11 is 0. The molecule has 0 radical (unpaired) electrons. The number of aliphatic hydroxyl groups excluding tert-OH is 1. The van der Waals surface area contributed by atoms with E-state index in [9.17, 15) is 5.11 Å². The van der Waals surface area contributed by atoms with Crippen molar-refractivity contribution in [1.29, 1.82) is 0 Å². The summed E-state index contributed by atoms with van der Waals surface area (Å²) in [6, 6.07) is 10.6. The molecule has 4 nitrogen and oxygen atoms in total. The van der Waals surface area contributed by atoms with Gasteiger partial charge in [0.05, 0.1) is 12.1 Å². The minimum Gasteiger partial charge on any atom is -0.459 e. The molecule has 1 atom stereocenters. The SMILES string of the molecule is CC(C)(C)C(NCCCN1CCC(O)CC1)c1cc2ccccc2o1. The second kappa shape index (κ2) is 7.90. The van der Waals surface area contributed by atoms with Crippen LogP contribution in [0.4, 0.5) is 0 Å². The molecule has 2 aromatic rings. The molecule has 1 saturated heterocycles. The Hall–Kier alpha value is -1.36. The van der Waals surface area contributed by atoms with E-state index in [2.05, 4.69) is 49.2 Å². The van der Waals surface area contributed by atoms with Crippen LogP contribution in [-0.4, -0.2) is 42.3 Å². The number of furan rings is 1. The van der Waals surface area contributed by atoms with Gasteiger partial charge in [-0.2, -0.15) is 0 Å². The van der Waals surface area contributed by atoms with Gasteiger partial charge in [0.25, 0.3) is 0 Å². The molecule has 2 N–H and O–H groups in total. The van der Waals surface area contributed by atoms with Crippen LogP contribution in [0.2, 0.25) is 0 Å². The molecule has 3 rings (SSSR count). The van der Waals surface area contributed by atoms with Crippen LogP contribution in [0, 0.1) is 5.41 Å². The second-order valence-corrected chi connectivity index (χ2v) is 8.37. The third kappa shape index (κ3) is 4.84. The summed E-state index contributed by atoms with van der Waals surface area (Å²) in [6.45, 7) is 10.9. The lowest BCUT2D eigenvalue weighted by molar-refractivity contribution is 0.0817. The molecule has 1 aromatic heterocycles. The number of likely N-dealkylation sites (tertiary alicyclic amines) is 1. The maximum absolute atomic E-state index is 9.60. The van der Waals surface area contributed by atoms with Gasteiger partial charge in [0, 0.05) is 18.5 Å². The number of rotatable bonds is 6. The molecular weight excluding hydrogens is 312 g/mol. The Morgan fingerprint density at radius 3 is 2.64 bits per heavy atom. The molecule has 2 heterocycles. The molecule has 25 heavy (non-hydrogen) atoms. The standard InChI is InChI=1S/C21H32N2O2/c1-21(2,3)20(19-15-16-7-4-5-8-18(16)25-19)22-11-6-12-23-13-9-17(24)10-14-23/h4-5,7-8,15,17,20,22,24H,6,9-14H2,1-3H3. The van der Waals surface area contributed by atoms with Crippen LogP contribution in [0.1, 0.15) is 51.8 Å². The lowest BCUT2D eigenvalue weighted by Gasteiger charge is -2.31. The Morgan fingerprint density at radius 1 is 1.24 bits per heavy atom. The zero-order chi connectivity index (χ0) is 17.9. The van der Waals surface area contributed by atoms with Crippen LogP contribution in [0.25, 0.3) is 11.0 Å². The summed E-state index contributed by atoms with van der Waals surface area (Å²) in [7, 11) is 0. The molecule has 1 aromatic carbocycles. The van der Waals surface area contributed by atoms with Crippen molar-refractivity contribution in [2.24, 2.45) is 5.41 Å². The predicted octanol–water partition coefficient (Wildman–Crippen LogP) is 3.96. The fraction of sp³-hybridized carbons (Fsp3) is 0.619. The van der Waals surface area contributed by atoms with E-state index in [1.54, 1.807) is 0 Å². The van der Waals surface area contributed by atoms with E-state index < -0.39 is 0 Å². The van der Waals surface area contributed by atoms with E-state index in [4.69, 9.17) is 4.42 Å². The zero-order valence-corrected chi connectivity index (χ0v) is 15.8. The lowest BCUT2D eigenvalue weighted by atomic mass is 9.85. The molecule has 0 spiro atoms. The van der Waals surface area contributed by atoms with Crippen molar-refractivity contribution >= 4 is 11.0 Å². The molecule has 1 unspecified atom stereocenters. The number of benzene rings is 1. The van der Waals surface area contributed by atoms with Crippen molar-refractivity contribution < 1.29 is 9.52 Å². The van der Waals surface area contributed by atoms with Gasteiger partial charge in [-0.3, -0.25) is 0 Å². The monoisotopic (exact) mass is 344 g/mol. The molecule has 4 heteroatoms. The number of nitrogens with one attached hydrogen (secondary N) is 1. The van der Waals surface area contributed by atoms with Gasteiger partial charge in [-0.05, 0) is 49.9 Å². The molecule has 0 saturated carbocycles. The lowest BCUT2D eigenvalue weighted by Crippen LogP contribution is -2.38. The number of aliphatic hydroxyl groups is 1. The van der Waals surface area contributed by atoms with Gasteiger partial charge >= 0.3 is 0 Å². The summed E-state index contributed by atoms with van der Waals surface area (Å²) in [5.41, 5.74) is 1.05. The normalized spacial score (nSPS) is 18.7. The molecule has 1 aliphatic heterocycles. The van der Waals surface area contributed by atoms with Crippen LogP contribution < -0.4 is 5.32 Å². The maximum atomic E-state index is 9.60. The molecular formula is C21H32N2O2. The van der Waals surface area contributed by atoms with Crippen LogP contribution >= 0.6 is 0 Å². The smallest absolute Gasteiger partial charge is 0.134 e. The van der Waals surface area contributed by atoms with Crippen molar-refractivity contribution in [3.05, 3.63) is 36.1 Å². The largest absolute Gasteiger partial charge is 0.459 e. The highest BCUT2D eigenvalue weighted by molar-refractivity contribution is 5.77. The predicted molar refractivity (Wildman–Crippen MR) is 103 cm³/mol. The number of para-hydroxylation sites is 1. The van der Waals surface area contributed by atoms with Crippen LogP contribution in [0.15, 0.2) is 34.7 Å². The number of hydrogen-bond donors (Lipinski definition) is 2. The molecule has 0 aliphatic carbocycles. The van der Waals surface area contributed by atoms with E-state index in [0.29, 0.717) is 0 Å².